The van der Waals surface area contributed by atoms with E-state index in [2.05, 4.69) is 5.32 Å². The minimum absolute atomic E-state index is 0.000903. The Bertz CT molecular complexity index is 539. The maximum Gasteiger partial charge on any atom is 0.416 e. The van der Waals surface area contributed by atoms with E-state index in [-0.39, 0.29) is 11.3 Å². The number of carbonyl (C=O) groups excluding carboxylic acids is 1. The molecule has 1 amide bonds. The van der Waals surface area contributed by atoms with Crippen molar-refractivity contribution in [1.29, 1.82) is 5.26 Å². The van der Waals surface area contributed by atoms with Crippen LogP contribution in [0.1, 0.15) is 25.0 Å². The van der Waals surface area contributed by atoms with E-state index in [0.29, 0.717) is 6.07 Å². The smallest absolute Gasteiger partial charge is 0.323 e. The van der Waals surface area contributed by atoms with Crippen molar-refractivity contribution in [3.05, 3.63) is 29.3 Å². The first-order valence-corrected chi connectivity index (χ1v) is 5.27. The standard InChI is InChI=1S/C12H12F3N3O/c1-11(2,17)10(19)18-9-4-3-8(12(13,14)15)5-7(9)6-16/h3-5H,17H2,1-2H3,(H,18,19). The van der Waals surface area contributed by atoms with Gasteiger partial charge in [-0.05, 0) is 32.0 Å². The van der Waals surface area contributed by atoms with E-state index >= 15 is 0 Å². The zero-order valence-corrected chi connectivity index (χ0v) is 10.3. The van der Waals surface area contributed by atoms with Crippen molar-refractivity contribution in [2.45, 2.75) is 25.6 Å². The van der Waals surface area contributed by atoms with Gasteiger partial charge in [0.05, 0.1) is 22.4 Å². The topological polar surface area (TPSA) is 78.9 Å². The van der Waals surface area contributed by atoms with Crippen LogP contribution in [0.5, 0.6) is 0 Å². The van der Waals surface area contributed by atoms with E-state index in [1.54, 1.807) is 6.07 Å². The number of nitriles is 1. The molecule has 0 unspecified atom stereocenters. The lowest BCUT2D eigenvalue weighted by atomic mass is 10.0. The Kier molecular flexibility index (Phi) is 3.86. The van der Waals surface area contributed by atoms with E-state index in [1.807, 2.05) is 0 Å². The Morgan fingerprint density at radius 2 is 1.95 bits per heavy atom. The number of hydrogen-bond acceptors (Lipinski definition) is 3. The molecule has 0 aromatic heterocycles. The molecule has 0 bridgehead atoms. The maximum absolute atomic E-state index is 12.5. The largest absolute Gasteiger partial charge is 0.416 e. The second kappa shape index (κ2) is 4.90. The summed E-state index contributed by atoms with van der Waals surface area (Å²) >= 11 is 0. The van der Waals surface area contributed by atoms with Crippen LogP contribution in [0.25, 0.3) is 0 Å². The van der Waals surface area contributed by atoms with Crippen LogP contribution in [-0.4, -0.2) is 11.4 Å². The van der Waals surface area contributed by atoms with Crippen molar-refractivity contribution in [1.82, 2.24) is 0 Å². The highest BCUT2D eigenvalue weighted by Crippen LogP contribution is 2.31. The van der Waals surface area contributed by atoms with Crippen LogP contribution in [0, 0.1) is 11.3 Å². The minimum Gasteiger partial charge on any atom is -0.323 e. The summed E-state index contributed by atoms with van der Waals surface area (Å²) in [6.07, 6.45) is -4.54. The molecule has 0 atom stereocenters. The number of anilines is 1. The number of hydrogen-bond donors (Lipinski definition) is 2. The summed E-state index contributed by atoms with van der Waals surface area (Å²) in [5.74, 6) is -0.594. The van der Waals surface area contributed by atoms with Gasteiger partial charge in [-0.2, -0.15) is 18.4 Å². The van der Waals surface area contributed by atoms with E-state index in [4.69, 9.17) is 11.0 Å². The molecule has 4 nitrogen and oxygen atoms in total. The van der Waals surface area contributed by atoms with Crippen LogP contribution >= 0.6 is 0 Å². The summed E-state index contributed by atoms with van der Waals surface area (Å²) in [5.41, 5.74) is 3.12. The van der Waals surface area contributed by atoms with Crippen molar-refractivity contribution < 1.29 is 18.0 Å². The molecule has 0 heterocycles. The molecule has 1 rings (SSSR count). The first-order chi connectivity index (χ1) is 8.55. The van der Waals surface area contributed by atoms with Crippen molar-refractivity contribution in [2.24, 2.45) is 5.73 Å². The number of nitrogens with one attached hydrogen (secondary N) is 1. The van der Waals surface area contributed by atoms with Gasteiger partial charge in [-0.15, -0.1) is 0 Å². The number of nitrogens with zero attached hydrogens (tertiary/aromatic N) is 1. The van der Waals surface area contributed by atoms with Crippen LogP contribution in [0.3, 0.4) is 0 Å². The molecular formula is C12H12F3N3O. The lowest BCUT2D eigenvalue weighted by Gasteiger charge is -2.18. The number of nitrogens with two attached hydrogens (primary N) is 1. The monoisotopic (exact) mass is 271 g/mol. The van der Waals surface area contributed by atoms with Crippen LogP contribution in [0.15, 0.2) is 18.2 Å². The average molecular weight is 271 g/mol. The lowest BCUT2D eigenvalue weighted by Crippen LogP contribution is -2.45. The van der Waals surface area contributed by atoms with Gasteiger partial charge in [0, 0.05) is 0 Å². The van der Waals surface area contributed by atoms with Gasteiger partial charge >= 0.3 is 6.18 Å². The fourth-order valence-electron chi connectivity index (χ4n) is 1.21. The molecule has 0 spiro atoms. The van der Waals surface area contributed by atoms with E-state index in [9.17, 15) is 18.0 Å². The second-order valence-electron chi connectivity index (χ2n) is 4.55. The molecule has 1 aromatic carbocycles. The summed E-state index contributed by atoms with van der Waals surface area (Å²) in [4.78, 5) is 11.6. The summed E-state index contributed by atoms with van der Waals surface area (Å²) < 4.78 is 37.4. The molecule has 19 heavy (non-hydrogen) atoms. The van der Waals surface area contributed by atoms with Crippen LogP contribution in [0.4, 0.5) is 18.9 Å². The van der Waals surface area contributed by atoms with Crippen LogP contribution in [-0.2, 0) is 11.0 Å². The highest BCUT2D eigenvalue weighted by molar-refractivity contribution is 5.98. The van der Waals surface area contributed by atoms with Crippen LogP contribution in [0.2, 0.25) is 0 Å². The van der Waals surface area contributed by atoms with E-state index in [0.717, 1.165) is 12.1 Å². The Balaban J connectivity index is 3.12. The number of amides is 1. The summed E-state index contributed by atoms with van der Waals surface area (Å²) in [5, 5.41) is 11.2. The predicted octanol–water partition coefficient (Wildman–Crippen LogP) is 2.25. The molecule has 3 N–H and O–H groups in total. The molecule has 1 aromatic rings. The molecule has 0 aliphatic carbocycles. The van der Waals surface area contributed by atoms with Crippen molar-refractivity contribution in [2.75, 3.05) is 5.32 Å². The van der Waals surface area contributed by atoms with Gasteiger partial charge in [0.1, 0.15) is 6.07 Å². The molecule has 0 radical (unpaired) electrons. The quantitative estimate of drug-likeness (QED) is 0.865. The first-order valence-electron chi connectivity index (χ1n) is 5.27. The zero-order chi connectivity index (χ0) is 14.8. The van der Waals surface area contributed by atoms with Crippen molar-refractivity contribution in [3.63, 3.8) is 0 Å². The Morgan fingerprint density at radius 3 is 2.37 bits per heavy atom. The fraction of sp³-hybridized carbons (Fsp3) is 0.333. The lowest BCUT2D eigenvalue weighted by molar-refractivity contribution is -0.137. The third kappa shape index (κ3) is 3.69. The number of rotatable bonds is 2. The van der Waals surface area contributed by atoms with Gasteiger partial charge in [0.25, 0.3) is 0 Å². The SMILES string of the molecule is CC(C)(N)C(=O)Nc1ccc(C(F)(F)F)cc1C#N. The number of alkyl halides is 3. The van der Waals surface area contributed by atoms with Gasteiger partial charge in [0.15, 0.2) is 0 Å². The first kappa shape index (κ1) is 15.0. The van der Waals surface area contributed by atoms with E-state index in [1.165, 1.54) is 13.8 Å². The molecule has 7 heteroatoms. The van der Waals surface area contributed by atoms with Gasteiger partial charge in [-0.25, -0.2) is 0 Å². The number of benzene rings is 1. The Labute approximate surface area is 108 Å². The molecule has 102 valence electrons. The summed E-state index contributed by atoms with van der Waals surface area (Å²) in [6.45, 7) is 2.89. The minimum atomic E-state index is -4.54. The van der Waals surface area contributed by atoms with E-state index < -0.39 is 23.2 Å². The maximum atomic E-state index is 12.5. The average Bonchev–Trinajstić information content (AvgIpc) is 2.26. The summed E-state index contributed by atoms with van der Waals surface area (Å²) in [7, 11) is 0. The normalized spacial score (nSPS) is 11.8. The molecule has 0 aliphatic heterocycles. The zero-order valence-electron chi connectivity index (χ0n) is 10.3. The number of carbonyl (C=O) groups is 1. The molecule has 0 saturated carbocycles. The second-order valence-corrected chi connectivity index (χ2v) is 4.55. The summed E-state index contributed by atoms with van der Waals surface area (Å²) in [6, 6.07) is 4.11. The van der Waals surface area contributed by atoms with Gasteiger partial charge in [-0.3, -0.25) is 4.79 Å². The van der Waals surface area contributed by atoms with Crippen LogP contribution < -0.4 is 11.1 Å². The molecule has 0 saturated heterocycles. The van der Waals surface area contributed by atoms with Crippen molar-refractivity contribution >= 4 is 11.6 Å². The molecular weight excluding hydrogens is 259 g/mol. The molecule has 0 fully saturated rings. The van der Waals surface area contributed by atoms with Gasteiger partial charge in [0.2, 0.25) is 5.91 Å². The molecule has 0 aliphatic rings. The van der Waals surface area contributed by atoms with Gasteiger partial charge < -0.3 is 11.1 Å². The fourth-order valence-corrected chi connectivity index (χ4v) is 1.21. The highest BCUT2D eigenvalue weighted by Gasteiger charge is 2.31. The Morgan fingerprint density at radius 1 is 1.37 bits per heavy atom. The third-order valence-electron chi connectivity index (χ3n) is 2.30. The van der Waals surface area contributed by atoms with Gasteiger partial charge in [-0.1, -0.05) is 0 Å². The predicted molar refractivity (Wildman–Crippen MR) is 63.1 cm³/mol. The number of halogens is 3. The highest BCUT2D eigenvalue weighted by atomic mass is 19.4. The third-order valence-corrected chi connectivity index (χ3v) is 2.30. The Hall–Kier alpha value is -2.07. The van der Waals surface area contributed by atoms with Crippen molar-refractivity contribution in [3.8, 4) is 6.07 Å².